The van der Waals surface area contributed by atoms with Gasteiger partial charge in [0.05, 0.1) is 43.6 Å². The zero-order chi connectivity index (χ0) is 29.3. The van der Waals surface area contributed by atoms with Crippen LogP contribution >= 0.6 is 35.0 Å². The Kier molecular flexibility index (Phi) is 9.01. The molecular formula is C29H33Cl2N5O4S. The van der Waals surface area contributed by atoms with E-state index in [0.29, 0.717) is 22.3 Å². The summed E-state index contributed by atoms with van der Waals surface area (Å²) in [5, 5.41) is 11.1. The molecular weight excluding hydrogens is 585 g/mol. The van der Waals surface area contributed by atoms with Crippen LogP contribution in [0.25, 0.3) is 22.0 Å². The van der Waals surface area contributed by atoms with Gasteiger partial charge in [-0.3, -0.25) is 14.2 Å². The number of methoxy groups -OCH3 is 2. The second-order valence-electron chi connectivity index (χ2n) is 10.1. The lowest BCUT2D eigenvalue weighted by molar-refractivity contribution is -0.140. The molecule has 4 aromatic rings. The van der Waals surface area contributed by atoms with Crippen molar-refractivity contribution < 1.29 is 19.1 Å². The molecule has 1 aliphatic heterocycles. The van der Waals surface area contributed by atoms with Crippen LogP contribution in [0, 0.1) is 6.92 Å². The van der Waals surface area contributed by atoms with E-state index in [-0.39, 0.29) is 18.9 Å². The van der Waals surface area contributed by atoms with Crippen LogP contribution < -0.4 is 0 Å². The number of ether oxygens (including phenoxy) is 2. The molecule has 12 heteroatoms. The quantitative estimate of drug-likeness (QED) is 0.158. The van der Waals surface area contributed by atoms with Gasteiger partial charge in [-0.25, -0.2) is 4.79 Å². The van der Waals surface area contributed by atoms with Gasteiger partial charge >= 0.3 is 11.9 Å². The summed E-state index contributed by atoms with van der Waals surface area (Å²) in [5.74, 6) is 0.983. The lowest BCUT2D eigenvalue weighted by Crippen LogP contribution is -2.14. The van der Waals surface area contributed by atoms with Crippen molar-refractivity contribution in [1.82, 2.24) is 24.1 Å². The number of hydrogen-bond donors (Lipinski definition) is 0. The first-order valence-electron chi connectivity index (χ1n) is 13.5. The summed E-state index contributed by atoms with van der Waals surface area (Å²) in [7, 11) is 4.62. The maximum Gasteiger partial charge on any atom is 0.354 e. The van der Waals surface area contributed by atoms with Crippen LogP contribution in [0.4, 0.5) is 0 Å². The zero-order valence-electron chi connectivity index (χ0n) is 23.6. The van der Waals surface area contributed by atoms with Gasteiger partial charge < -0.3 is 14.0 Å². The van der Waals surface area contributed by atoms with Crippen LogP contribution in [-0.4, -0.2) is 50.3 Å². The molecule has 41 heavy (non-hydrogen) atoms. The van der Waals surface area contributed by atoms with Crippen molar-refractivity contribution in [1.29, 1.82) is 0 Å². The van der Waals surface area contributed by atoms with Crippen LogP contribution in [0.15, 0.2) is 18.2 Å². The number of carbonyl (C=O) groups is 2. The molecule has 0 atom stereocenters. The Morgan fingerprint density at radius 2 is 1.90 bits per heavy atom. The average molecular weight is 619 g/mol. The SMILES string of the molecule is COC(=O)CCn1c(C(=O)OC)c(C)c2c(-c3c(CSCc4cc(CCl)n(C)n4)nn4c3CCCC4)c(Cl)ccc21. The van der Waals surface area contributed by atoms with E-state index in [0.717, 1.165) is 81.9 Å². The maximum absolute atomic E-state index is 13.0. The fourth-order valence-electron chi connectivity index (χ4n) is 5.71. The molecule has 0 saturated heterocycles. The molecule has 0 saturated carbocycles. The summed E-state index contributed by atoms with van der Waals surface area (Å²) >= 11 is 14.8. The summed E-state index contributed by atoms with van der Waals surface area (Å²) in [6, 6.07) is 5.79. The van der Waals surface area contributed by atoms with E-state index in [2.05, 4.69) is 9.78 Å². The molecule has 0 amide bonds. The van der Waals surface area contributed by atoms with Gasteiger partial charge in [-0.15, -0.1) is 23.4 Å². The first kappa shape index (κ1) is 29.5. The number of carbonyl (C=O) groups excluding carboxylic acids is 2. The molecule has 0 bridgehead atoms. The minimum absolute atomic E-state index is 0.117. The van der Waals surface area contributed by atoms with Crippen LogP contribution in [0.3, 0.4) is 0 Å². The third-order valence-electron chi connectivity index (χ3n) is 7.64. The van der Waals surface area contributed by atoms with E-state index in [1.807, 2.05) is 41.4 Å². The summed E-state index contributed by atoms with van der Waals surface area (Å²) in [6.07, 6.45) is 3.15. The second-order valence-corrected chi connectivity index (χ2v) is 11.7. The molecule has 9 nitrogen and oxygen atoms in total. The van der Waals surface area contributed by atoms with Crippen molar-refractivity contribution in [3.63, 3.8) is 0 Å². The summed E-state index contributed by atoms with van der Waals surface area (Å²) in [4.78, 5) is 25.1. The van der Waals surface area contributed by atoms with Crippen LogP contribution in [0.1, 0.15) is 58.1 Å². The van der Waals surface area contributed by atoms with Crippen LogP contribution in [0.2, 0.25) is 5.02 Å². The highest BCUT2D eigenvalue weighted by Crippen LogP contribution is 2.44. The number of aromatic nitrogens is 5. The van der Waals surface area contributed by atoms with Gasteiger partial charge in [0, 0.05) is 64.4 Å². The molecule has 5 rings (SSSR count). The number of rotatable bonds is 10. The minimum atomic E-state index is -0.467. The van der Waals surface area contributed by atoms with E-state index in [9.17, 15) is 9.59 Å². The first-order chi connectivity index (χ1) is 19.8. The molecule has 0 spiro atoms. The highest BCUT2D eigenvalue weighted by atomic mass is 35.5. The van der Waals surface area contributed by atoms with Crippen molar-refractivity contribution >= 4 is 57.8 Å². The Morgan fingerprint density at radius 1 is 1.10 bits per heavy atom. The highest BCUT2D eigenvalue weighted by Gasteiger charge is 2.29. The molecule has 1 aliphatic rings. The number of esters is 2. The Hall–Kier alpha value is -2.95. The third kappa shape index (κ3) is 5.61. The first-order valence-corrected chi connectivity index (χ1v) is 15.6. The van der Waals surface area contributed by atoms with Crippen molar-refractivity contribution in [2.24, 2.45) is 7.05 Å². The van der Waals surface area contributed by atoms with E-state index in [1.165, 1.54) is 14.2 Å². The number of nitrogens with zero attached hydrogens (tertiary/aromatic N) is 5. The zero-order valence-corrected chi connectivity index (χ0v) is 26.0. The van der Waals surface area contributed by atoms with Gasteiger partial charge in [0.1, 0.15) is 5.69 Å². The fourth-order valence-corrected chi connectivity index (χ4v) is 7.06. The smallest absolute Gasteiger partial charge is 0.354 e. The van der Waals surface area contributed by atoms with Gasteiger partial charge in [-0.05, 0) is 49.9 Å². The Bertz CT molecular complexity index is 1620. The van der Waals surface area contributed by atoms with Gasteiger partial charge in [0.25, 0.3) is 0 Å². The molecule has 0 aliphatic carbocycles. The van der Waals surface area contributed by atoms with E-state index in [1.54, 1.807) is 11.8 Å². The van der Waals surface area contributed by atoms with E-state index >= 15 is 0 Å². The summed E-state index contributed by atoms with van der Waals surface area (Å²) < 4.78 is 15.8. The normalized spacial score (nSPS) is 13.0. The summed E-state index contributed by atoms with van der Waals surface area (Å²) in [6.45, 7) is 3.03. The number of benzene rings is 1. The number of thioether (sulfide) groups is 1. The van der Waals surface area contributed by atoms with Crippen molar-refractivity contribution in [3.05, 3.63) is 57.3 Å². The molecule has 3 aromatic heterocycles. The highest BCUT2D eigenvalue weighted by molar-refractivity contribution is 7.97. The van der Waals surface area contributed by atoms with Gasteiger partial charge in [-0.1, -0.05) is 11.6 Å². The largest absolute Gasteiger partial charge is 0.469 e. The van der Waals surface area contributed by atoms with Crippen molar-refractivity contribution in [2.75, 3.05) is 14.2 Å². The number of hydrogen-bond acceptors (Lipinski definition) is 7. The summed E-state index contributed by atoms with van der Waals surface area (Å²) in [5.41, 5.74) is 7.92. The molecule has 0 radical (unpaired) electrons. The predicted octanol–water partition coefficient (Wildman–Crippen LogP) is 6.06. The number of aryl methyl sites for hydroxylation is 4. The lowest BCUT2D eigenvalue weighted by atomic mass is 9.94. The number of fused-ring (bicyclic) bond motifs is 2. The predicted molar refractivity (Wildman–Crippen MR) is 162 cm³/mol. The number of halogens is 2. The average Bonchev–Trinajstić information content (AvgIpc) is 3.61. The van der Waals surface area contributed by atoms with Crippen molar-refractivity contribution in [2.45, 2.75) is 63.1 Å². The number of alkyl halides is 1. The van der Waals surface area contributed by atoms with Gasteiger partial charge in [0.15, 0.2) is 0 Å². The molecule has 4 heterocycles. The van der Waals surface area contributed by atoms with E-state index in [4.69, 9.17) is 37.8 Å². The monoisotopic (exact) mass is 617 g/mol. The standard InChI is InChI=1S/C29H33Cl2N5O4S/c1-17-25-22(35(12-10-24(37)39-3)28(17)29(38)40-4)9-8-20(31)26(25)27-21(33-36-11-6-5-7-23(27)36)16-41-15-18-13-19(14-30)34(2)32-18/h8-9,13H,5-7,10-12,14-16H2,1-4H3. The van der Waals surface area contributed by atoms with Gasteiger partial charge in [-0.2, -0.15) is 10.2 Å². The van der Waals surface area contributed by atoms with Crippen molar-refractivity contribution in [3.8, 4) is 11.1 Å². The Morgan fingerprint density at radius 3 is 2.61 bits per heavy atom. The molecule has 218 valence electrons. The second kappa shape index (κ2) is 12.5. The minimum Gasteiger partial charge on any atom is -0.469 e. The van der Waals surface area contributed by atoms with Crippen LogP contribution in [-0.2, 0) is 58.2 Å². The lowest BCUT2D eigenvalue weighted by Gasteiger charge is -2.16. The molecule has 1 aromatic carbocycles. The molecule has 0 fully saturated rings. The van der Waals surface area contributed by atoms with Gasteiger partial charge in [0.2, 0.25) is 0 Å². The topological polar surface area (TPSA) is 93.2 Å². The molecule has 0 N–H and O–H groups in total. The maximum atomic E-state index is 13.0. The Balaban J connectivity index is 1.62. The molecule has 0 unspecified atom stereocenters. The third-order valence-corrected chi connectivity index (χ3v) is 9.20. The van der Waals surface area contributed by atoms with E-state index < -0.39 is 5.97 Å². The Labute approximate surface area is 253 Å². The fraction of sp³-hybridized carbons (Fsp3) is 0.448. The van der Waals surface area contributed by atoms with Crippen LogP contribution in [0.5, 0.6) is 0 Å².